The van der Waals surface area contributed by atoms with E-state index in [9.17, 15) is 8.42 Å². The van der Waals surface area contributed by atoms with Crippen LogP contribution in [0.5, 0.6) is 11.5 Å². The topological polar surface area (TPSA) is 94.5 Å². The molecule has 154 valence electrons. The quantitative estimate of drug-likeness (QED) is 0.589. The van der Waals surface area contributed by atoms with Gasteiger partial charge in [-0.05, 0) is 29.8 Å². The lowest BCUT2D eigenvalue weighted by Crippen LogP contribution is -2.31. The second-order valence-electron chi connectivity index (χ2n) is 7.48. The second-order valence-corrected chi connectivity index (χ2v) is 9.39. The van der Waals surface area contributed by atoms with Gasteiger partial charge in [0.1, 0.15) is 0 Å². The highest BCUT2D eigenvalue weighted by Crippen LogP contribution is 2.35. The number of benzene rings is 1. The number of nitrogens with zero attached hydrogens (tertiary/aromatic N) is 4. The number of hydrogen-bond acceptors (Lipinski definition) is 8. The van der Waals surface area contributed by atoms with Crippen LogP contribution in [0.3, 0.4) is 0 Å². The summed E-state index contributed by atoms with van der Waals surface area (Å²) in [6, 6.07) is 9.89. The van der Waals surface area contributed by atoms with E-state index in [-0.39, 0.29) is 11.9 Å². The van der Waals surface area contributed by atoms with E-state index < -0.39 is 9.84 Å². The molecule has 0 saturated heterocycles. The molecule has 0 saturated carbocycles. The average molecular weight is 424 g/mol. The number of aromatic nitrogens is 3. The van der Waals surface area contributed by atoms with Crippen molar-refractivity contribution < 1.29 is 17.9 Å². The standard InChI is InChI=1S/C21H20N4O4S/c1-30(26,27)21-23-10-16-12-25(7-6-18(16)24-21)11-14-2-4-17(22-9-14)15-3-5-19-20(8-15)29-13-28-19/h2-5,8-10H,6-7,11-13H2,1H3. The first-order valence-corrected chi connectivity index (χ1v) is 11.5. The van der Waals surface area contributed by atoms with Gasteiger partial charge >= 0.3 is 0 Å². The van der Waals surface area contributed by atoms with Crippen molar-refractivity contribution in [1.29, 1.82) is 0 Å². The Morgan fingerprint density at radius 1 is 1.07 bits per heavy atom. The van der Waals surface area contributed by atoms with E-state index in [4.69, 9.17) is 9.47 Å². The van der Waals surface area contributed by atoms with Crippen LogP contribution >= 0.6 is 0 Å². The first-order chi connectivity index (χ1) is 14.5. The van der Waals surface area contributed by atoms with Crippen molar-refractivity contribution in [3.8, 4) is 22.8 Å². The third kappa shape index (κ3) is 3.73. The van der Waals surface area contributed by atoms with Gasteiger partial charge in [-0.1, -0.05) is 6.07 Å². The van der Waals surface area contributed by atoms with Crippen LogP contribution in [0.2, 0.25) is 0 Å². The van der Waals surface area contributed by atoms with Crippen molar-refractivity contribution in [1.82, 2.24) is 19.9 Å². The lowest BCUT2D eigenvalue weighted by Gasteiger charge is -2.27. The zero-order valence-corrected chi connectivity index (χ0v) is 17.2. The van der Waals surface area contributed by atoms with Crippen molar-refractivity contribution >= 4 is 9.84 Å². The van der Waals surface area contributed by atoms with Gasteiger partial charge in [0, 0.05) is 55.8 Å². The molecule has 2 aliphatic heterocycles. The summed E-state index contributed by atoms with van der Waals surface area (Å²) >= 11 is 0. The van der Waals surface area contributed by atoms with E-state index >= 15 is 0 Å². The minimum absolute atomic E-state index is 0.0991. The summed E-state index contributed by atoms with van der Waals surface area (Å²) in [6.45, 7) is 2.49. The van der Waals surface area contributed by atoms with Crippen molar-refractivity contribution in [2.24, 2.45) is 0 Å². The third-order valence-corrected chi connectivity index (χ3v) is 6.08. The van der Waals surface area contributed by atoms with Crippen molar-refractivity contribution in [3.63, 3.8) is 0 Å². The first-order valence-electron chi connectivity index (χ1n) is 9.58. The fourth-order valence-electron chi connectivity index (χ4n) is 3.67. The minimum atomic E-state index is -3.39. The van der Waals surface area contributed by atoms with E-state index in [1.807, 2.05) is 30.5 Å². The number of sulfone groups is 1. The number of ether oxygens (including phenoxy) is 2. The molecule has 0 fully saturated rings. The van der Waals surface area contributed by atoms with E-state index in [2.05, 4.69) is 25.9 Å². The second kappa shape index (κ2) is 7.33. The molecule has 0 aliphatic carbocycles. The smallest absolute Gasteiger partial charge is 0.246 e. The Balaban J connectivity index is 1.28. The third-order valence-electron chi connectivity index (χ3n) is 5.22. The summed E-state index contributed by atoms with van der Waals surface area (Å²) in [5.74, 6) is 1.50. The molecular formula is C21H20N4O4S. The molecule has 2 aromatic heterocycles. The van der Waals surface area contributed by atoms with Crippen LogP contribution in [-0.2, 0) is 29.3 Å². The first kappa shape index (κ1) is 19.0. The molecule has 0 amide bonds. The van der Waals surface area contributed by atoms with Crippen LogP contribution in [0, 0.1) is 0 Å². The Bertz CT molecular complexity index is 1210. The average Bonchev–Trinajstić information content (AvgIpc) is 3.21. The Kier molecular flexibility index (Phi) is 4.63. The maximum atomic E-state index is 11.7. The summed E-state index contributed by atoms with van der Waals surface area (Å²) in [4.78, 5) is 15.1. The van der Waals surface area contributed by atoms with Crippen LogP contribution < -0.4 is 9.47 Å². The van der Waals surface area contributed by atoms with Crippen LogP contribution in [0.4, 0.5) is 0 Å². The lowest BCUT2D eigenvalue weighted by atomic mass is 10.1. The molecule has 0 radical (unpaired) electrons. The number of rotatable bonds is 4. The summed E-state index contributed by atoms with van der Waals surface area (Å²) in [7, 11) is -3.39. The molecule has 5 rings (SSSR count). The van der Waals surface area contributed by atoms with E-state index in [0.29, 0.717) is 13.0 Å². The highest BCUT2D eigenvalue weighted by Gasteiger charge is 2.21. The predicted molar refractivity (Wildman–Crippen MR) is 109 cm³/mol. The van der Waals surface area contributed by atoms with Gasteiger partial charge in [0.15, 0.2) is 11.5 Å². The molecule has 0 bridgehead atoms. The SMILES string of the molecule is CS(=O)(=O)c1ncc2c(n1)CCN(Cc1ccc(-c3ccc4c(c3)OCO4)nc1)C2. The fourth-order valence-corrected chi connectivity index (χ4v) is 4.19. The summed E-state index contributed by atoms with van der Waals surface area (Å²) in [6.07, 6.45) is 5.34. The molecule has 0 spiro atoms. The van der Waals surface area contributed by atoms with Crippen LogP contribution in [-0.4, -0.2) is 47.9 Å². The fraction of sp³-hybridized carbons (Fsp3) is 0.286. The molecule has 4 heterocycles. The Hall–Kier alpha value is -3.04. The molecule has 0 N–H and O–H groups in total. The van der Waals surface area contributed by atoms with Crippen LogP contribution in [0.25, 0.3) is 11.3 Å². The number of hydrogen-bond donors (Lipinski definition) is 0. The van der Waals surface area contributed by atoms with Gasteiger partial charge in [0.2, 0.25) is 21.8 Å². The van der Waals surface area contributed by atoms with Gasteiger partial charge in [-0.15, -0.1) is 0 Å². The minimum Gasteiger partial charge on any atom is -0.454 e. The highest BCUT2D eigenvalue weighted by molar-refractivity contribution is 7.90. The molecule has 9 heteroatoms. The largest absolute Gasteiger partial charge is 0.454 e. The zero-order valence-electron chi connectivity index (χ0n) is 16.4. The van der Waals surface area contributed by atoms with Crippen LogP contribution in [0.1, 0.15) is 16.8 Å². The molecule has 8 nitrogen and oxygen atoms in total. The summed E-state index contributed by atoms with van der Waals surface area (Å²) in [5.41, 5.74) is 4.76. The van der Waals surface area contributed by atoms with E-state index in [1.54, 1.807) is 6.20 Å². The Morgan fingerprint density at radius 2 is 1.93 bits per heavy atom. The molecule has 0 unspecified atom stereocenters. The van der Waals surface area contributed by atoms with Crippen molar-refractivity contribution in [2.45, 2.75) is 24.7 Å². The maximum Gasteiger partial charge on any atom is 0.246 e. The van der Waals surface area contributed by atoms with Gasteiger partial charge in [0.25, 0.3) is 0 Å². The van der Waals surface area contributed by atoms with Gasteiger partial charge in [-0.3, -0.25) is 9.88 Å². The molecule has 3 aromatic rings. The molecule has 30 heavy (non-hydrogen) atoms. The van der Waals surface area contributed by atoms with Gasteiger partial charge < -0.3 is 9.47 Å². The Morgan fingerprint density at radius 3 is 2.73 bits per heavy atom. The summed E-state index contributed by atoms with van der Waals surface area (Å²) in [5, 5.41) is -0.0991. The van der Waals surface area contributed by atoms with Crippen molar-refractivity contribution in [3.05, 3.63) is 59.5 Å². The van der Waals surface area contributed by atoms with E-state index in [0.717, 1.165) is 58.9 Å². The normalized spacial score (nSPS) is 15.8. The predicted octanol–water partition coefficient (Wildman–Crippen LogP) is 2.23. The lowest BCUT2D eigenvalue weighted by molar-refractivity contribution is 0.174. The number of pyridine rings is 1. The van der Waals surface area contributed by atoms with Gasteiger partial charge in [-0.2, -0.15) is 0 Å². The number of fused-ring (bicyclic) bond motifs is 2. The maximum absolute atomic E-state index is 11.7. The van der Waals surface area contributed by atoms with Crippen LogP contribution in [0.15, 0.2) is 47.9 Å². The monoisotopic (exact) mass is 424 g/mol. The molecule has 1 aromatic carbocycles. The molecule has 0 atom stereocenters. The molecule has 2 aliphatic rings. The Labute approximate surface area is 174 Å². The molecular weight excluding hydrogens is 404 g/mol. The van der Waals surface area contributed by atoms with Gasteiger partial charge in [-0.25, -0.2) is 18.4 Å². The van der Waals surface area contributed by atoms with E-state index in [1.165, 1.54) is 0 Å². The highest BCUT2D eigenvalue weighted by atomic mass is 32.2. The zero-order chi connectivity index (χ0) is 20.7. The van der Waals surface area contributed by atoms with Crippen molar-refractivity contribution in [2.75, 3.05) is 19.6 Å². The van der Waals surface area contributed by atoms with Gasteiger partial charge in [0.05, 0.1) is 11.4 Å². The summed E-state index contributed by atoms with van der Waals surface area (Å²) < 4.78 is 34.1.